The number of carboxylic acids is 1. The van der Waals surface area contributed by atoms with Crippen LogP contribution < -0.4 is 0 Å². The minimum Gasteiger partial charge on any atom is -0.480 e. The number of aliphatic carboxylic acids is 1. The summed E-state index contributed by atoms with van der Waals surface area (Å²) in [7, 11) is 0. The smallest absolute Gasteiger partial charge is 0.320 e. The van der Waals surface area contributed by atoms with Crippen molar-refractivity contribution in [1.82, 2.24) is 4.90 Å². The number of carbonyl (C=O) groups is 1. The van der Waals surface area contributed by atoms with Gasteiger partial charge in [0.05, 0.1) is 0 Å². The lowest BCUT2D eigenvalue weighted by molar-refractivity contribution is -0.142. The van der Waals surface area contributed by atoms with Crippen molar-refractivity contribution in [2.45, 2.75) is 25.4 Å². The molecule has 2 aromatic rings. The Labute approximate surface area is 132 Å². The molecule has 1 saturated heterocycles. The normalized spacial score (nSPS) is 19.0. The third-order valence-electron chi connectivity index (χ3n) is 3.81. The molecule has 0 saturated carbocycles. The minimum absolute atomic E-state index is 0.337. The van der Waals surface area contributed by atoms with Crippen molar-refractivity contribution in [3.63, 3.8) is 0 Å². The van der Waals surface area contributed by atoms with Gasteiger partial charge in [0.25, 0.3) is 0 Å². The summed E-state index contributed by atoms with van der Waals surface area (Å²) in [5.41, 5.74) is 1.03. The van der Waals surface area contributed by atoms with Crippen LogP contribution in [0.1, 0.15) is 17.7 Å². The third kappa shape index (κ3) is 3.12. The van der Waals surface area contributed by atoms with Crippen molar-refractivity contribution in [3.05, 3.63) is 46.3 Å². The maximum absolute atomic E-state index is 11.2. The van der Waals surface area contributed by atoms with Gasteiger partial charge in [-0.2, -0.15) is 0 Å². The Kier molecular flexibility index (Phi) is 4.29. The average Bonchev–Trinajstić information content (AvgIpc) is 3.09. The molecule has 0 spiro atoms. The molecule has 0 radical (unpaired) electrons. The van der Waals surface area contributed by atoms with Crippen molar-refractivity contribution in [3.8, 4) is 10.4 Å². The summed E-state index contributed by atoms with van der Waals surface area (Å²) in [6, 6.07) is 11.6. The van der Waals surface area contributed by atoms with Gasteiger partial charge in [0, 0.05) is 26.9 Å². The summed E-state index contributed by atoms with van der Waals surface area (Å²) in [5.74, 6) is -0.713. The van der Waals surface area contributed by atoms with Crippen molar-refractivity contribution in [2.24, 2.45) is 0 Å². The number of hydrogen-bond acceptors (Lipinski definition) is 3. The van der Waals surface area contributed by atoms with Gasteiger partial charge in [-0.1, -0.05) is 29.8 Å². The molecule has 2 heterocycles. The molecule has 1 aromatic carbocycles. The number of nitrogens with zero attached hydrogens (tertiary/aromatic N) is 1. The SMILES string of the molecule is O=C(O)[C@H]1CCCN1Cc1ccc(-c2ccccc2Cl)s1. The van der Waals surface area contributed by atoms with Crippen molar-refractivity contribution >= 4 is 28.9 Å². The number of carboxylic acid groups (broad SMARTS) is 1. The zero-order chi connectivity index (χ0) is 14.8. The van der Waals surface area contributed by atoms with E-state index >= 15 is 0 Å². The number of likely N-dealkylation sites (tertiary alicyclic amines) is 1. The van der Waals surface area contributed by atoms with E-state index in [1.165, 1.54) is 4.88 Å². The molecule has 5 heteroatoms. The van der Waals surface area contributed by atoms with E-state index < -0.39 is 5.97 Å². The number of thiophene rings is 1. The van der Waals surface area contributed by atoms with Gasteiger partial charge in [0.15, 0.2) is 0 Å². The summed E-state index contributed by atoms with van der Waals surface area (Å²) in [5, 5.41) is 9.97. The largest absolute Gasteiger partial charge is 0.480 e. The van der Waals surface area contributed by atoms with Gasteiger partial charge < -0.3 is 5.11 Å². The minimum atomic E-state index is -0.713. The Balaban J connectivity index is 1.77. The Morgan fingerprint density at radius 1 is 1.33 bits per heavy atom. The molecule has 1 atom stereocenters. The van der Waals surface area contributed by atoms with Crippen molar-refractivity contribution in [2.75, 3.05) is 6.54 Å². The van der Waals surface area contributed by atoms with Gasteiger partial charge in [-0.05, 0) is 37.6 Å². The fourth-order valence-corrected chi connectivity index (χ4v) is 4.13. The van der Waals surface area contributed by atoms with Crippen LogP contribution in [-0.4, -0.2) is 28.6 Å². The maximum Gasteiger partial charge on any atom is 0.320 e. The average molecular weight is 322 g/mol. The lowest BCUT2D eigenvalue weighted by Crippen LogP contribution is -2.35. The standard InChI is InChI=1S/C16H16ClNO2S/c17-13-5-2-1-4-12(13)15-8-7-11(21-15)10-18-9-3-6-14(18)16(19)20/h1-2,4-5,7-8,14H,3,6,9-10H2,(H,19,20)/t14-/m1/s1. The fourth-order valence-electron chi connectivity index (χ4n) is 2.76. The fraction of sp³-hybridized carbons (Fsp3) is 0.312. The van der Waals surface area contributed by atoms with E-state index in [0.29, 0.717) is 6.54 Å². The van der Waals surface area contributed by atoms with Crippen LogP contribution in [-0.2, 0) is 11.3 Å². The van der Waals surface area contributed by atoms with Gasteiger partial charge in [0.2, 0.25) is 0 Å². The molecule has 0 bridgehead atoms. The van der Waals surface area contributed by atoms with Crippen LogP contribution in [0.5, 0.6) is 0 Å². The predicted octanol–water partition coefficient (Wildman–Crippen LogP) is 4.12. The van der Waals surface area contributed by atoms with E-state index in [-0.39, 0.29) is 6.04 Å². The van der Waals surface area contributed by atoms with Crippen LogP contribution in [0.15, 0.2) is 36.4 Å². The van der Waals surface area contributed by atoms with E-state index in [4.69, 9.17) is 11.6 Å². The van der Waals surface area contributed by atoms with Crippen LogP contribution in [0.2, 0.25) is 5.02 Å². The van der Waals surface area contributed by atoms with Gasteiger partial charge in [-0.25, -0.2) is 0 Å². The summed E-state index contributed by atoms with van der Waals surface area (Å²) in [6.45, 7) is 1.56. The molecule has 1 aromatic heterocycles. The van der Waals surface area contributed by atoms with Gasteiger partial charge >= 0.3 is 5.97 Å². The van der Waals surface area contributed by atoms with E-state index in [1.54, 1.807) is 11.3 Å². The molecule has 0 aliphatic carbocycles. The first-order valence-corrected chi connectivity index (χ1v) is 8.15. The van der Waals surface area contributed by atoms with E-state index in [0.717, 1.165) is 34.8 Å². The second kappa shape index (κ2) is 6.18. The highest BCUT2D eigenvalue weighted by atomic mass is 35.5. The second-order valence-corrected chi connectivity index (χ2v) is 6.79. The first-order valence-electron chi connectivity index (χ1n) is 6.95. The number of hydrogen-bond donors (Lipinski definition) is 1. The Bertz CT molecular complexity index is 655. The predicted molar refractivity (Wildman–Crippen MR) is 85.8 cm³/mol. The van der Waals surface area contributed by atoms with Gasteiger partial charge in [0.1, 0.15) is 6.04 Å². The van der Waals surface area contributed by atoms with E-state index in [1.807, 2.05) is 29.2 Å². The number of halogens is 1. The molecule has 1 N–H and O–H groups in total. The highest BCUT2D eigenvalue weighted by Gasteiger charge is 2.30. The topological polar surface area (TPSA) is 40.5 Å². The van der Waals surface area contributed by atoms with Crippen LogP contribution >= 0.6 is 22.9 Å². The lowest BCUT2D eigenvalue weighted by atomic mass is 10.2. The molecule has 0 unspecified atom stereocenters. The zero-order valence-corrected chi connectivity index (χ0v) is 13.0. The monoisotopic (exact) mass is 321 g/mol. The second-order valence-electron chi connectivity index (χ2n) is 5.21. The maximum atomic E-state index is 11.2. The van der Waals surface area contributed by atoms with Crippen LogP contribution in [0, 0.1) is 0 Å². The molecule has 3 nitrogen and oxygen atoms in total. The molecule has 110 valence electrons. The summed E-state index contributed by atoms with van der Waals surface area (Å²) < 4.78 is 0. The third-order valence-corrected chi connectivity index (χ3v) is 5.24. The molecular formula is C16H16ClNO2S. The molecule has 1 aliphatic heterocycles. The van der Waals surface area contributed by atoms with E-state index in [9.17, 15) is 9.90 Å². The van der Waals surface area contributed by atoms with Gasteiger partial charge in [-0.3, -0.25) is 9.69 Å². The lowest BCUT2D eigenvalue weighted by Gasteiger charge is -2.19. The molecule has 1 fully saturated rings. The highest BCUT2D eigenvalue weighted by Crippen LogP contribution is 2.34. The number of benzene rings is 1. The zero-order valence-electron chi connectivity index (χ0n) is 11.5. The quantitative estimate of drug-likeness (QED) is 0.921. The number of rotatable bonds is 4. The van der Waals surface area contributed by atoms with Crippen LogP contribution in [0.4, 0.5) is 0 Å². The highest BCUT2D eigenvalue weighted by molar-refractivity contribution is 7.15. The van der Waals surface area contributed by atoms with Crippen molar-refractivity contribution in [1.29, 1.82) is 0 Å². The van der Waals surface area contributed by atoms with Crippen LogP contribution in [0.25, 0.3) is 10.4 Å². The molecular weight excluding hydrogens is 306 g/mol. The Hall–Kier alpha value is -1.36. The van der Waals surface area contributed by atoms with Crippen LogP contribution in [0.3, 0.4) is 0 Å². The Morgan fingerprint density at radius 2 is 2.14 bits per heavy atom. The van der Waals surface area contributed by atoms with Gasteiger partial charge in [-0.15, -0.1) is 11.3 Å². The first-order chi connectivity index (χ1) is 10.1. The summed E-state index contributed by atoms with van der Waals surface area (Å²) in [6.07, 6.45) is 1.71. The molecule has 1 aliphatic rings. The summed E-state index contributed by atoms with van der Waals surface area (Å²) >= 11 is 7.90. The first kappa shape index (κ1) is 14.6. The van der Waals surface area contributed by atoms with E-state index in [2.05, 4.69) is 12.1 Å². The molecule has 0 amide bonds. The van der Waals surface area contributed by atoms with Crippen molar-refractivity contribution < 1.29 is 9.90 Å². The molecule has 3 rings (SSSR count). The Morgan fingerprint density at radius 3 is 2.90 bits per heavy atom. The molecule has 21 heavy (non-hydrogen) atoms. The summed E-state index contributed by atoms with van der Waals surface area (Å²) in [4.78, 5) is 15.6.